The SMILES string of the molecule is Cc1ccc(S(=O)(=O)n2cc(-c3nc(-c4cccc([C@]5(O)CCn6ccnc65)c4)cs3)c3ccnnc32)cc1. The minimum atomic E-state index is -3.90. The van der Waals surface area contributed by atoms with Crippen molar-refractivity contribution in [3.8, 4) is 21.8 Å². The number of benzene rings is 2. The van der Waals surface area contributed by atoms with Gasteiger partial charge in [0.2, 0.25) is 0 Å². The van der Waals surface area contributed by atoms with Crippen LogP contribution in [0.1, 0.15) is 23.4 Å². The zero-order valence-corrected chi connectivity index (χ0v) is 22.4. The summed E-state index contributed by atoms with van der Waals surface area (Å²) in [6, 6.07) is 16.2. The molecule has 1 atom stereocenters. The lowest BCUT2D eigenvalue weighted by Crippen LogP contribution is -2.25. The molecule has 9 nitrogen and oxygen atoms in total. The molecule has 0 saturated carbocycles. The van der Waals surface area contributed by atoms with Crippen LogP contribution in [0.2, 0.25) is 0 Å². The molecule has 39 heavy (non-hydrogen) atoms. The van der Waals surface area contributed by atoms with E-state index in [1.54, 1.807) is 48.9 Å². The maximum absolute atomic E-state index is 13.5. The second-order valence-corrected chi connectivity index (χ2v) is 12.3. The summed E-state index contributed by atoms with van der Waals surface area (Å²) in [6.07, 6.45) is 7.24. The van der Waals surface area contributed by atoms with Crippen LogP contribution in [0.15, 0.2) is 89.7 Å². The van der Waals surface area contributed by atoms with Gasteiger partial charge in [-0.3, -0.25) is 0 Å². The Morgan fingerprint density at radius 2 is 1.92 bits per heavy atom. The molecule has 1 N–H and O–H groups in total. The predicted octanol–water partition coefficient (Wildman–Crippen LogP) is 4.60. The fraction of sp³-hybridized carbons (Fsp3) is 0.143. The molecule has 194 valence electrons. The Bertz CT molecular complexity index is 1970. The van der Waals surface area contributed by atoms with Gasteiger partial charge in [-0.1, -0.05) is 35.9 Å². The zero-order chi connectivity index (χ0) is 26.8. The summed E-state index contributed by atoms with van der Waals surface area (Å²) in [5.41, 5.74) is 3.04. The Morgan fingerprint density at radius 1 is 1.08 bits per heavy atom. The Balaban J connectivity index is 1.29. The lowest BCUT2D eigenvalue weighted by molar-refractivity contribution is 0.0786. The first-order valence-corrected chi connectivity index (χ1v) is 14.6. The van der Waals surface area contributed by atoms with Crippen molar-refractivity contribution < 1.29 is 13.5 Å². The van der Waals surface area contributed by atoms with E-state index in [1.165, 1.54) is 15.3 Å². The highest BCUT2D eigenvalue weighted by molar-refractivity contribution is 7.90. The van der Waals surface area contributed by atoms with Gasteiger partial charge in [-0.05, 0) is 36.8 Å². The number of hydrogen-bond acceptors (Lipinski definition) is 8. The van der Waals surface area contributed by atoms with Crippen molar-refractivity contribution >= 4 is 32.4 Å². The number of imidazole rings is 1. The maximum atomic E-state index is 13.5. The summed E-state index contributed by atoms with van der Waals surface area (Å²) < 4.78 is 30.2. The molecule has 0 radical (unpaired) electrons. The second kappa shape index (κ2) is 8.67. The predicted molar refractivity (Wildman–Crippen MR) is 148 cm³/mol. The quantitative estimate of drug-likeness (QED) is 0.331. The van der Waals surface area contributed by atoms with Crippen LogP contribution in [-0.2, 0) is 22.2 Å². The summed E-state index contributed by atoms with van der Waals surface area (Å²) in [7, 11) is -3.90. The number of hydrogen-bond donors (Lipinski definition) is 1. The minimum absolute atomic E-state index is 0.171. The fourth-order valence-electron chi connectivity index (χ4n) is 5.11. The van der Waals surface area contributed by atoms with Gasteiger partial charge in [0.05, 0.1) is 16.8 Å². The van der Waals surface area contributed by atoms with Crippen LogP contribution in [0.3, 0.4) is 0 Å². The van der Waals surface area contributed by atoms with Crippen LogP contribution in [0.4, 0.5) is 0 Å². The van der Waals surface area contributed by atoms with Gasteiger partial charge < -0.3 is 9.67 Å². The van der Waals surface area contributed by atoms with E-state index in [4.69, 9.17) is 4.98 Å². The largest absolute Gasteiger partial charge is 0.377 e. The first-order valence-electron chi connectivity index (χ1n) is 12.3. The topological polar surface area (TPSA) is 116 Å². The lowest BCUT2D eigenvalue weighted by atomic mass is 9.90. The number of nitrogens with zero attached hydrogens (tertiary/aromatic N) is 6. The molecule has 0 aliphatic carbocycles. The summed E-state index contributed by atoms with van der Waals surface area (Å²) in [5, 5.41) is 22.8. The molecule has 11 heteroatoms. The first-order chi connectivity index (χ1) is 18.8. The number of aryl methyl sites for hydroxylation is 2. The van der Waals surface area contributed by atoms with E-state index in [-0.39, 0.29) is 10.5 Å². The van der Waals surface area contributed by atoms with Gasteiger partial charge in [0.25, 0.3) is 10.0 Å². The van der Waals surface area contributed by atoms with Crippen molar-refractivity contribution in [1.82, 2.24) is 28.7 Å². The minimum Gasteiger partial charge on any atom is -0.377 e. The molecule has 2 aromatic carbocycles. The molecule has 0 bridgehead atoms. The monoisotopic (exact) mass is 554 g/mol. The van der Waals surface area contributed by atoms with Gasteiger partial charge in [0.15, 0.2) is 5.65 Å². The third-order valence-corrected chi connectivity index (χ3v) is 9.73. The van der Waals surface area contributed by atoms with Crippen LogP contribution in [0, 0.1) is 6.92 Å². The molecule has 1 aliphatic heterocycles. The Hall–Kier alpha value is -4.19. The molecule has 0 unspecified atom stereocenters. The fourth-order valence-corrected chi connectivity index (χ4v) is 7.28. The highest BCUT2D eigenvalue weighted by atomic mass is 32.2. The third kappa shape index (κ3) is 3.73. The number of aromatic nitrogens is 6. The molecule has 1 aliphatic rings. The molecule has 5 heterocycles. The normalized spacial score (nSPS) is 17.1. The van der Waals surface area contributed by atoms with E-state index in [1.807, 2.05) is 47.3 Å². The molecule has 0 spiro atoms. The zero-order valence-electron chi connectivity index (χ0n) is 20.8. The Labute approximate surface area is 228 Å². The van der Waals surface area contributed by atoms with Crippen LogP contribution in [0.25, 0.3) is 32.9 Å². The van der Waals surface area contributed by atoms with Gasteiger partial charge in [0, 0.05) is 53.4 Å². The summed E-state index contributed by atoms with van der Waals surface area (Å²) in [5.74, 6) is 0.641. The molecule has 0 fully saturated rings. The van der Waals surface area contributed by atoms with Gasteiger partial charge in [-0.25, -0.2) is 22.4 Å². The average molecular weight is 555 g/mol. The number of thiazole rings is 1. The smallest absolute Gasteiger partial charge is 0.269 e. The molecule has 6 aromatic rings. The Morgan fingerprint density at radius 3 is 2.77 bits per heavy atom. The second-order valence-electron chi connectivity index (χ2n) is 9.60. The standard InChI is InChI=1S/C28H22N6O3S2/c1-18-5-7-21(8-6-18)39(36,37)34-16-23(22-9-11-30-32-25(22)34)26-31-24(17-38-26)19-3-2-4-20(15-19)28(35)10-13-33-14-12-29-27(28)33/h2-9,11-12,14-17,35H,10,13H2,1H3/t28-/m1/s1. The number of fused-ring (bicyclic) bond motifs is 2. The highest BCUT2D eigenvalue weighted by Gasteiger charge is 2.40. The molecule has 0 amide bonds. The van der Waals surface area contributed by atoms with E-state index in [9.17, 15) is 13.5 Å². The van der Waals surface area contributed by atoms with Gasteiger partial charge in [0.1, 0.15) is 16.4 Å². The summed E-state index contributed by atoms with van der Waals surface area (Å²) in [6.45, 7) is 2.61. The van der Waals surface area contributed by atoms with Gasteiger partial charge >= 0.3 is 0 Å². The van der Waals surface area contributed by atoms with Crippen LogP contribution >= 0.6 is 11.3 Å². The number of aliphatic hydroxyl groups is 1. The van der Waals surface area contributed by atoms with E-state index in [0.717, 1.165) is 22.4 Å². The Kier molecular flexibility index (Phi) is 5.31. The van der Waals surface area contributed by atoms with Crippen molar-refractivity contribution in [3.63, 3.8) is 0 Å². The van der Waals surface area contributed by atoms with Crippen LogP contribution in [-0.4, -0.2) is 42.2 Å². The van der Waals surface area contributed by atoms with E-state index in [0.29, 0.717) is 34.7 Å². The van der Waals surface area contributed by atoms with Crippen LogP contribution in [0.5, 0.6) is 0 Å². The van der Waals surface area contributed by atoms with Crippen molar-refractivity contribution in [2.45, 2.75) is 30.4 Å². The maximum Gasteiger partial charge on any atom is 0.269 e. The van der Waals surface area contributed by atoms with Crippen molar-refractivity contribution in [1.29, 1.82) is 0 Å². The summed E-state index contributed by atoms with van der Waals surface area (Å²) >= 11 is 1.41. The molecular weight excluding hydrogens is 532 g/mol. The molecular formula is C28H22N6O3S2. The third-order valence-electron chi connectivity index (χ3n) is 7.19. The number of rotatable bonds is 5. The van der Waals surface area contributed by atoms with Crippen molar-refractivity contribution in [2.24, 2.45) is 0 Å². The first kappa shape index (κ1) is 23.9. The lowest BCUT2D eigenvalue weighted by Gasteiger charge is -2.22. The van der Waals surface area contributed by atoms with Crippen molar-refractivity contribution in [3.05, 3.63) is 102 Å². The molecule has 4 aromatic heterocycles. The van der Waals surface area contributed by atoms with Crippen molar-refractivity contribution in [2.75, 3.05) is 0 Å². The van der Waals surface area contributed by atoms with Gasteiger partial charge in [-0.15, -0.1) is 16.4 Å². The molecule has 7 rings (SSSR count). The van der Waals surface area contributed by atoms with E-state index >= 15 is 0 Å². The summed E-state index contributed by atoms with van der Waals surface area (Å²) in [4.78, 5) is 9.42. The van der Waals surface area contributed by atoms with E-state index < -0.39 is 15.6 Å². The average Bonchev–Trinajstić information content (AvgIpc) is 3.74. The molecule has 0 saturated heterocycles. The van der Waals surface area contributed by atoms with Gasteiger partial charge in [-0.2, -0.15) is 5.10 Å². The van der Waals surface area contributed by atoms with E-state index in [2.05, 4.69) is 15.2 Å². The van der Waals surface area contributed by atoms with Crippen LogP contribution < -0.4 is 0 Å². The highest BCUT2D eigenvalue weighted by Crippen LogP contribution is 2.40.